The number of methoxy groups -OCH3 is 1. The zero-order valence-corrected chi connectivity index (χ0v) is 17.3. The highest BCUT2D eigenvalue weighted by molar-refractivity contribution is 6.04. The van der Waals surface area contributed by atoms with Gasteiger partial charge in [0.25, 0.3) is 0 Å². The van der Waals surface area contributed by atoms with E-state index in [2.05, 4.69) is 10.3 Å². The zero-order valence-electron chi connectivity index (χ0n) is 17.3. The van der Waals surface area contributed by atoms with Gasteiger partial charge in [-0.25, -0.2) is 4.79 Å². The van der Waals surface area contributed by atoms with E-state index in [-0.39, 0.29) is 5.56 Å². The van der Waals surface area contributed by atoms with E-state index in [9.17, 15) is 9.90 Å². The van der Waals surface area contributed by atoms with Crippen LogP contribution in [-0.2, 0) is 6.54 Å². The molecule has 7 heteroatoms. The van der Waals surface area contributed by atoms with Crippen molar-refractivity contribution in [1.82, 2.24) is 14.8 Å². The third-order valence-electron chi connectivity index (χ3n) is 5.37. The van der Waals surface area contributed by atoms with Gasteiger partial charge in [-0.3, -0.25) is 9.67 Å². The first-order valence-corrected chi connectivity index (χ1v) is 10.1. The number of nitrogens with zero attached hydrogens (tertiary/aromatic N) is 3. The number of rotatable bonds is 6. The summed E-state index contributed by atoms with van der Waals surface area (Å²) in [5.41, 5.74) is 3.87. The van der Waals surface area contributed by atoms with Gasteiger partial charge in [-0.1, -0.05) is 30.3 Å². The Kier molecular flexibility index (Phi) is 4.91. The first kappa shape index (κ1) is 19.6. The maximum absolute atomic E-state index is 11.5. The van der Waals surface area contributed by atoms with Gasteiger partial charge in [0, 0.05) is 11.9 Å². The summed E-state index contributed by atoms with van der Waals surface area (Å²) in [5.74, 6) is 0.511. The summed E-state index contributed by atoms with van der Waals surface area (Å²) >= 11 is 0. The number of hydrogen-bond donors (Lipinski definition) is 2. The number of benzene rings is 3. The summed E-state index contributed by atoms with van der Waals surface area (Å²) in [6.45, 7) is 0.591. The third kappa shape index (κ3) is 3.60. The predicted molar refractivity (Wildman–Crippen MR) is 124 cm³/mol. The molecule has 32 heavy (non-hydrogen) atoms. The van der Waals surface area contributed by atoms with Gasteiger partial charge in [0.2, 0.25) is 0 Å². The minimum absolute atomic E-state index is 0.282. The minimum atomic E-state index is -0.941. The molecule has 2 aromatic heterocycles. The smallest absolute Gasteiger partial charge is 0.336 e. The van der Waals surface area contributed by atoms with Crippen LogP contribution in [0.25, 0.3) is 21.8 Å². The van der Waals surface area contributed by atoms with Crippen LogP contribution >= 0.6 is 0 Å². The molecule has 0 aliphatic heterocycles. The summed E-state index contributed by atoms with van der Waals surface area (Å²) < 4.78 is 7.15. The Morgan fingerprint density at radius 1 is 1.06 bits per heavy atom. The number of anilines is 2. The highest BCUT2D eigenvalue weighted by Gasteiger charge is 2.13. The monoisotopic (exact) mass is 424 g/mol. The van der Waals surface area contributed by atoms with Gasteiger partial charge >= 0.3 is 5.97 Å². The molecule has 5 rings (SSSR count). The predicted octanol–water partition coefficient (Wildman–Crippen LogP) is 5.08. The molecule has 0 saturated heterocycles. The molecule has 0 atom stereocenters. The van der Waals surface area contributed by atoms with Crippen molar-refractivity contribution in [2.45, 2.75) is 6.54 Å². The van der Waals surface area contributed by atoms with Crippen molar-refractivity contribution in [3.05, 3.63) is 90.1 Å². The summed E-state index contributed by atoms with van der Waals surface area (Å²) in [5, 5.41) is 19.1. The molecule has 0 aliphatic carbocycles. The van der Waals surface area contributed by atoms with Crippen LogP contribution in [0.15, 0.2) is 79.0 Å². The van der Waals surface area contributed by atoms with Gasteiger partial charge < -0.3 is 15.2 Å². The fourth-order valence-corrected chi connectivity index (χ4v) is 3.80. The second-order valence-corrected chi connectivity index (χ2v) is 7.40. The van der Waals surface area contributed by atoms with E-state index in [1.54, 1.807) is 25.4 Å². The molecule has 0 aliphatic rings. The molecule has 2 N–H and O–H groups in total. The van der Waals surface area contributed by atoms with E-state index in [1.807, 2.05) is 65.3 Å². The number of carboxylic acids is 1. The fourth-order valence-electron chi connectivity index (χ4n) is 3.80. The van der Waals surface area contributed by atoms with E-state index in [0.717, 1.165) is 33.4 Å². The van der Waals surface area contributed by atoms with Crippen LogP contribution in [-0.4, -0.2) is 33.0 Å². The van der Waals surface area contributed by atoms with Crippen LogP contribution in [0.3, 0.4) is 0 Å². The second kappa shape index (κ2) is 8.03. The molecular weight excluding hydrogens is 404 g/mol. The van der Waals surface area contributed by atoms with Crippen molar-refractivity contribution in [2.75, 3.05) is 12.4 Å². The van der Waals surface area contributed by atoms with Crippen molar-refractivity contribution < 1.29 is 14.6 Å². The van der Waals surface area contributed by atoms with E-state index in [4.69, 9.17) is 9.84 Å². The molecule has 0 fully saturated rings. The topological polar surface area (TPSA) is 89.3 Å². The molecule has 0 unspecified atom stereocenters. The number of fused-ring (bicyclic) bond motifs is 2. The van der Waals surface area contributed by atoms with Crippen LogP contribution in [0.2, 0.25) is 0 Å². The Bertz CT molecular complexity index is 1440. The highest BCUT2D eigenvalue weighted by atomic mass is 16.5. The van der Waals surface area contributed by atoms with E-state index < -0.39 is 5.97 Å². The van der Waals surface area contributed by atoms with Crippen LogP contribution in [0, 0.1) is 0 Å². The van der Waals surface area contributed by atoms with Crippen molar-refractivity contribution in [1.29, 1.82) is 0 Å². The SMILES string of the molecule is COc1ccc(Cn2nc(Nc3ccc4c(C(=O)O)cccc4c3)c3ncccc32)cc1. The Balaban J connectivity index is 1.50. The normalized spacial score (nSPS) is 11.0. The van der Waals surface area contributed by atoms with Crippen LogP contribution in [0.5, 0.6) is 5.75 Å². The third-order valence-corrected chi connectivity index (χ3v) is 5.37. The van der Waals surface area contributed by atoms with E-state index in [1.165, 1.54) is 0 Å². The van der Waals surface area contributed by atoms with Crippen molar-refractivity contribution in [3.8, 4) is 5.75 Å². The molecule has 5 aromatic rings. The molecular formula is C25H20N4O3. The summed E-state index contributed by atoms with van der Waals surface area (Å²) in [7, 11) is 1.65. The quantitative estimate of drug-likeness (QED) is 0.395. The number of ether oxygens (including phenoxy) is 1. The Morgan fingerprint density at radius 2 is 1.91 bits per heavy atom. The number of carboxylic acid groups (broad SMARTS) is 1. The number of aromatic carboxylic acids is 1. The average molecular weight is 424 g/mol. The lowest BCUT2D eigenvalue weighted by Crippen LogP contribution is -2.02. The summed E-state index contributed by atoms with van der Waals surface area (Å²) in [6, 6.07) is 22.6. The second-order valence-electron chi connectivity index (χ2n) is 7.40. The van der Waals surface area contributed by atoms with Crippen LogP contribution in [0.4, 0.5) is 11.5 Å². The van der Waals surface area contributed by atoms with Gasteiger partial charge in [0.15, 0.2) is 5.82 Å². The van der Waals surface area contributed by atoms with Crippen LogP contribution in [0.1, 0.15) is 15.9 Å². The number of hydrogen-bond acceptors (Lipinski definition) is 5. The molecule has 0 radical (unpaired) electrons. The van der Waals surface area contributed by atoms with Gasteiger partial charge in [-0.05, 0) is 58.8 Å². The van der Waals surface area contributed by atoms with Crippen molar-refractivity contribution in [3.63, 3.8) is 0 Å². The lowest BCUT2D eigenvalue weighted by atomic mass is 10.0. The van der Waals surface area contributed by atoms with E-state index in [0.29, 0.717) is 17.7 Å². The largest absolute Gasteiger partial charge is 0.497 e. The molecule has 7 nitrogen and oxygen atoms in total. The Hall–Kier alpha value is -4.39. The number of aromatic nitrogens is 3. The van der Waals surface area contributed by atoms with Gasteiger partial charge in [-0.2, -0.15) is 5.10 Å². The van der Waals surface area contributed by atoms with Crippen molar-refractivity contribution in [2.24, 2.45) is 0 Å². The molecule has 0 amide bonds. The highest BCUT2D eigenvalue weighted by Crippen LogP contribution is 2.28. The lowest BCUT2D eigenvalue weighted by molar-refractivity contribution is 0.0699. The van der Waals surface area contributed by atoms with Gasteiger partial charge in [0.1, 0.15) is 11.3 Å². The standard InChI is InChI=1S/C25H20N4O3/c1-32-19-10-7-16(8-11-19)15-29-22-6-3-13-26-23(22)24(28-29)27-18-9-12-20-17(14-18)4-2-5-21(20)25(30)31/h2-14H,15H2,1H3,(H,27,28)(H,30,31). The average Bonchev–Trinajstić information content (AvgIpc) is 3.16. The molecule has 3 aromatic carbocycles. The molecule has 0 saturated carbocycles. The Labute approximate surface area is 183 Å². The van der Waals surface area contributed by atoms with E-state index >= 15 is 0 Å². The minimum Gasteiger partial charge on any atom is -0.497 e. The molecule has 0 spiro atoms. The number of pyridine rings is 1. The molecule has 2 heterocycles. The number of carbonyl (C=O) groups is 1. The Morgan fingerprint density at radius 3 is 2.69 bits per heavy atom. The number of nitrogens with one attached hydrogen (secondary N) is 1. The fraction of sp³-hybridized carbons (Fsp3) is 0.0800. The van der Waals surface area contributed by atoms with Crippen LogP contribution < -0.4 is 10.1 Å². The maximum atomic E-state index is 11.5. The zero-order chi connectivity index (χ0) is 22.1. The molecule has 158 valence electrons. The first-order chi connectivity index (χ1) is 15.6. The van der Waals surface area contributed by atoms with Gasteiger partial charge in [-0.15, -0.1) is 0 Å². The molecule has 0 bridgehead atoms. The summed E-state index contributed by atoms with van der Waals surface area (Å²) in [4.78, 5) is 16.0. The maximum Gasteiger partial charge on any atom is 0.336 e. The lowest BCUT2D eigenvalue weighted by Gasteiger charge is -2.07. The van der Waals surface area contributed by atoms with Gasteiger partial charge in [0.05, 0.1) is 24.7 Å². The summed E-state index contributed by atoms with van der Waals surface area (Å²) in [6.07, 6.45) is 1.74. The van der Waals surface area contributed by atoms with Crippen molar-refractivity contribution >= 4 is 39.3 Å². The first-order valence-electron chi connectivity index (χ1n) is 10.1.